The Bertz CT molecular complexity index is 1240. The minimum absolute atomic E-state index is 0.0519. The molecule has 0 atom stereocenters. The summed E-state index contributed by atoms with van der Waals surface area (Å²) in [7, 11) is 0. The van der Waals surface area contributed by atoms with E-state index in [-0.39, 0.29) is 11.7 Å². The Morgan fingerprint density at radius 1 is 1.07 bits per heavy atom. The number of nitriles is 1. The summed E-state index contributed by atoms with van der Waals surface area (Å²) in [5.41, 5.74) is 3.93. The molecule has 0 aliphatic heterocycles. The minimum atomic E-state index is 0.0519. The first-order valence-electron chi connectivity index (χ1n) is 9.72. The van der Waals surface area contributed by atoms with E-state index in [9.17, 15) is 10.4 Å². The van der Waals surface area contributed by atoms with Gasteiger partial charge in [-0.15, -0.1) is 0 Å². The van der Waals surface area contributed by atoms with Crippen LogP contribution in [0.15, 0.2) is 60.8 Å². The first-order chi connectivity index (χ1) is 14.5. The summed E-state index contributed by atoms with van der Waals surface area (Å²) in [4.78, 5) is 0. The van der Waals surface area contributed by atoms with Crippen molar-refractivity contribution in [1.29, 1.82) is 5.26 Å². The van der Waals surface area contributed by atoms with Gasteiger partial charge in [0.05, 0.1) is 23.1 Å². The molecule has 4 rings (SSSR count). The Balaban J connectivity index is 1.73. The number of ether oxygens (including phenoxy) is 1. The lowest BCUT2D eigenvalue weighted by Crippen LogP contribution is -2.08. The van der Waals surface area contributed by atoms with Crippen molar-refractivity contribution in [3.8, 4) is 23.3 Å². The quantitative estimate of drug-likeness (QED) is 0.439. The summed E-state index contributed by atoms with van der Waals surface area (Å²) in [6, 6.07) is 19.4. The zero-order valence-corrected chi connectivity index (χ0v) is 17.0. The fourth-order valence-corrected chi connectivity index (χ4v) is 3.38. The van der Waals surface area contributed by atoms with Crippen LogP contribution >= 0.6 is 0 Å². The summed E-state index contributed by atoms with van der Waals surface area (Å²) in [5.74, 6) is 1.67. The topological polar surface area (TPSA) is 82.6 Å². The van der Waals surface area contributed by atoms with Crippen LogP contribution < -0.4 is 10.1 Å². The predicted molar refractivity (Wildman–Crippen MR) is 117 cm³/mol. The molecule has 0 unspecified atom stereocenters. The van der Waals surface area contributed by atoms with Gasteiger partial charge in [-0.05, 0) is 49.2 Å². The van der Waals surface area contributed by atoms with Crippen LogP contribution in [-0.2, 0) is 0 Å². The number of hydrogen-bond acceptors (Lipinski definition) is 5. The van der Waals surface area contributed by atoms with Gasteiger partial charge in [0.2, 0.25) is 0 Å². The second kappa shape index (κ2) is 7.80. The molecule has 0 radical (unpaired) electrons. The number of aromatic hydroxyl groups is 1. The van der Waals surface area contributed by atoms with E-state index in [0.29, 0.717) is 33.8 Å². The highest BCUT2D eigenvalue weighted by Crippen LogP contribution is 2.36. The number of anilines is 2. The molecule has 0 fully saturated rings. The number of nitrogens with one attached hydrogen (secondary N) is 1. The fraction of sp³-hybridized carbons (Fsp3) is 0.167. The van der Waals surface area contributed by atoms with Gasteiger partial charge >= 0.3 is 0 Å². The Kier molecular flexibility index (Phi) is 5.03. The van der Waals surface area contributed by atoms with Crippen LogP contribution in [0.1, 0.15) is 36.6 Å². The lowest BCUT2D eigenvalue weighted by Gasteiger charge is -2.16. The van der Waals surface area contributed by atoms with Gasteiger partial charge in [-0.1, -0.05) is 32.0 Å². The van der Waals surface area contributed by atoms with E-state index in [1.54, 1.807) is 10.7 Å². The molecule has 0 aliphatic carbocycles. The van der Waals surface area contributed by atoms with E-state index in [0.717, 1.165) is 11.4 Å². The second-order valence-electron chi connectivity index (χ2n) is 7.40. The Labute approximate surface area is 175 Å². The van der Waals surface area contributed by atoms with Gasteiger partial charge in [-0.3, -0.25) is 0 Å². The lowest BCUT2D eigenvalue weighted by molar-refractivity contribution is 0.471. The smallest absolute Gasteiger partial charge is 0.139 e. The summed E-state index contributed by atoms with van der Waals surface area (Å²) < 4.78 is 7.48. The van der Waals surface area contributed by atoms with Crippen molar-refractivity contribution in [2.45, 2.75) is 26.7 Å². The third-order valence-electron chi connectivity index (χ3n) is 4.93. The monoisotopic (exact) mass is 398 g/mol. The molecule has 6 heteroatoms. The molecule has 0 spiro atoms. The molecular formula is C24H22N4O2. The highest BCUT2D eigenvalue weighted by molar-refractivity contribution is 5.86. The van der Waals surface area contributed by atoms with Crippen molar-refractivity contribution in [3.63, 3.8) is 0 Å². The molecule has 2 aromatic heterocycles. The Hall–Kier alpha value is -3.98. The molecule has 2 aromatic carbocycles. The molecule has 2 heterocycles. The van der Waals surface area contributed by atoms with Gasteiger partial charge in [0.1, 0.15) is 28.9 Å². The van der Waals surface area contributed by atoms with E-state index < -0.39 is 0 Å². The lowest BCUT2D eigenvalue weighted by atomic mass is 10.0. The largest absolute Gasteiger partial charge is 0.506 e. The normalized spacial score (nSPS) is 10.9. The minimum Gasteiger partial charge on any atom is -0.506 e. The van der Waals surface area contributed by atoms with E-state index in [2.05, 4.69) is 16.5 Å². The Morgan fingerprint density at radius 2 is 1.73 bits per heavy atom. The van der Waals surface area contributed by atoms with Crippen LogP contribution in [0.5, 0.6) is 17.2 Å². The van der Waals surface area contributed by atoms with Gasteiger partial charge in [0.15, 0.2) is 0 Å². The Morgan fingerprint density at radius 3 is 2.37 bits per heavy atom. The average molecular weight is 398 g/mol. The zero-order valence-electron chi connectivity index (χ0n) is 17.0. The van der Waals surface area contributed by atoms with Crippen LogP contribution in [0.25, 0.3) is 5.52 Å². The first kappa shape index (κ1) is 19.3. The molecule has 0 saturated carbocycles. The second-order valence-corrected chi connectivity index (χ2v) is 7.40. The highest BCUT2D eigenvalue weighted by Gasteiger charge is 2.21. The predicted octanol–water partition coefficient (Wildman–Crippen LogP) is 5.88. The standard InChI is InChI=1S/C24H22N4O2/c1-15(2)22-20(13-25)23(24-16(3)21(29)14-28(24)27-22)26-17-9-11-19(12-10-17)30-18-7-5-4-6-8-18/h4-12,14-15,26,29H,1-3H3. The molecule has 0 bridgehead atoms. The van der Waals surface area contributed by atoms with Crippen LogP contribution in [0.2, 0.25) is 0 Å². The van der Waals surface area contributed by atoms with Crippen LogP contribution in [0, 0.1) is 18.3 Å². The highest BCUT2D eigenvalue weighted by atomic mass is 16.5. The van der Waals surface area contributed by atoms with Gasteiger partial charge in [-0.2, -0.15) is 10.4 Å². The van der Waals surface area contributed by atoms with E-state index in [1.807, 2.05) is 75.4 Å². The number of nitrogens with zero attached hydrogens (tertiary/aromatic N) is 3. The molecule has 2 N–H and O–H groups in total. The van der Waals surface area contributed by atoms with Gasteiger partial charge < -0.3 is 15.2 Å². The number of fused-ring (bicyclic) bond motifs is 1. The number of benzene rings is 2. The van der Waals surface area contributed by atoms with Crippen LogP contribution in [0.3, 0.4) is 0 Å². The van der Waals surface area contributed by atoms with Crippen LogP contribution in [0.4, 0.5) is 11.4 Å². The maximum atomic E-state index is 10.2. The molecule has 6 nitrogen and oxygen atoms in total. The third-order valence-corrected chi connectivity index (χ3v) is 4.93. The molecule has 0 saturated heterocycles. The van der Waals surface area contributed by atoms with Crippen molar-refractivity contribution in [2.75, 3.05) is 5.32 Å². The number of aromatic nitrogens is 2. The number of hydrogen-bond donors (Lipinski definition) is 2. The van der Waals surface area contributed by atoms with E-state index >= 15 is 0 Å². The van der Waals surface area contributed by atoms with Crippen molar-refractivity contribution < 1.29 is 9.84 Å². The summed E-state index contributed by atoms with van der Waals surface area (Å²) in [6.07, 6.45) is 1.57. The molecule has 4 aromatic rings. The maximum Gasteiger partial charge on any atom is 0.139 e. The van der Waals surface area contributed by atoms with Crippen molar-refractivity contribution in [2.24, 2.45) is 0 Å². The summed E-state index contributed by atoms with van der Waals surface area (Å²) >= 11 is 0. The third kappa shape index (κ3) is 3.53. The number of aryl methyl sites for hydroxylation is 1. The van der Waals surface area contributed by atoms with E-state index in [1.165, 1.54) is 0 Å². The van der Waals surface area contributed by atoms with Gasteiger partial charge in [0, 0.05) is 11.3 Å². The fourth-order valence-electron chi connectivity index (χ4n) is 3.38. The summed E-state index contributed by atoms with van der Waals surface area (Å²) in [5, 5.41) is 28.0. The first-order valence-corrected chi connectivity index (χ1v) is 9.72. The number of para-hydroxylation sites is 1. The van der Waals surface area contributed by atoms with E-state index in [4.69, 9.17) is 4.74 Å². The maximum absolute atomic E-state index is 10.2. The van der Waals surface area contributed by atoms with Gasteiger partial charge in [0.25, 0.3) is 0 Å². The molecule has 0 aliphatic rings. The zero-order chi connectivity index (χ0) is 21.3. The number of rotatable bonds is 5. The molecular weight excluding hydrogens is 376 g/mol. The van der Waals surface area contributed by atoms with Crippen molar-refractivity contribution in [1.82, 2.24) is 9.61 Å². The van der Waals surface area contributed by atoms with Gasteiger partial charge in [-0.25, -0.2) is 4.52 Å². The van der Waals surface area contributed by atoms with Crippen molar-refractivity contribution in [3.05, 3.63) is 77.6 Å². The molecule has 30 heavy (non-hydrogen) atoms. The summed E-state index contributed by atoms with van der Waals surface area (Å²) in [6.45, 7) is 5.79. The SMILES string of the molecule is Cc1c(O)cn2nc(C(C)C)c(C#N)c(Nc3ccc(Oc4ccccc4)cc3)c12. The van der Waals surface area contributed by atoms with Crippen molar-refractivity contribution >= 4 is 16.9 Å². The average Bonchev–Trinajstić information content (AvgIpc) is 3.03. The van der Waals surface area contributed by atoms with Crippen LogP contribution in [-0.4, -0.2) is 14.7 Å². The molecule has 0 amide bonds. The molecule has 150 valence electrons.